The molecule has 1 atom stereocenters. The quantitative estimate of drug-likeness (QED) is 0.779. The molecule has 0 saturated carbocycles. The Labute approximate surface area is 95.2 Å². The molecule has 0 aliphatic carbocycles. The van der Waals surface area contributed by atoms with Crippen molar-refractivity contribution in [2.24, 2.45) is 5.73 Å². The van der Waals surface area contributed by atoms with Crippen LogP contribution >= 0.6 is 11.8 Å². The Morgan fingerprint density at radius 1 is 1.33 bits per heavy atom. The highest BCUT2D eigenvalue weighted by atomic mass is 32.2. The molecule has 0 saturated heterocycles. The predicted molar refractivity (Wildman–Crippen MR) is 64.6 cm³/mol. The number of hydrogen-bond acceptors (Lipinski definition) is 2. The maximum atomic E-state index is 13.7. The third-order valence-corrected chi connectivity index (χ3v) is 3.06. The Morgan fingerprint density at radius 3 is 2.33 bits per heavy atom. The van der Waals surface area contributed by atoms with Crippen molar-refractivity contribution >= 4 is 11.8 Å². The van der Waals surface area contributed by atoms with Crippen LogP contribution in [-0.4, -0.2) is 4.75 Å². The first-order valence-corrected chi connectivity index (χ1v) is 5.85. The van der Waals surface area contributed by atoms with Gasteiger partial charge in [-0.2, -0.15) is 0 Å². The van der Waals surface area contributed by atoms with E-state index in [9.17, 15) is 4.39 Å². The van der Waals surface area contributed by atoms with Gasteiger partial charge in [0.25, 0.3) is 0 Å². The van der Waals surface area contributed by atoms with E-state index in [2.05, 4.69) is 20.8 Å². The summed E-state index contributed by atoms with van der Waals surface area (Å²) >= 11 is 1.53. The van der Waals surface area contributed by atoms with E-state index in [1.165, 1.54) is 17.8 Å². The largest absolute Gasteiger partial charge is 0.324 e. The summed E-state index contributed by atoms with van der Waals surface area (Å²) in [6.07, 6.45) is 0. The van der Waals surface area contributed by atoms with E-state index >= 15 is 0 Å². The summed E-state index contributed by atoms with van der Waals surface area (Å²) < 4.78 is 13.7. The monoisotopic (exact) mass is 227 g/mol. The average Bonchev–Trinajstić information content (AvgIpc) is 2.05. The number of benzene rings is 1. The van der Waals surface area contributed by atoms with Gasteiger partial charge < -0.3 is 5.73 Å². The fraction of sp³-hybridized carbons (Fsp3) is 0.500. The van der Waals surface area contributed by atoms with Crippen molar-refractivity contribution < 1.29 is 4.39 Å². The first-order chi connectivity index (χ1) is 6.79. The topological polar surface area (TPSA) is 26.0 Å². The van der Waals surface area contributed by atoms with Crippen LogP contribution in [0.5, 0.6) is 0 Å². The number of nitrogens with two attached hydrogens (primary N) is 1. The van der Waals surface area contributed by atoms with E-state index in [0.717, 1.165) is 5.56 Å². The molecule has 1 aromatic rings. The SMILES string of the molecule is C[C@H](N)c1ccc(SC(C)(C)C)c(F)c1. The van der Waals surface area contributed by atoms with Crippen molar-refractivity contribution in [3.8, 4) is 0 Å². The molecular formula is C12H18FNS. The summed E-state index contributed by atoms with van der Waals surface area (Å²) in [7, 11) is 0. The lowest BCUT2D eigenvalue weighted by atomic mass is 10.1. The van der Waals surface area contributed by atoms with E-state index in [1.54, 1.807) is 0 Å². The second-order valence-corrected chi connectivity index (χ2v) is 6.56. The molecule has 1 aromatic carbocycles. The van der Waals surface area contributed by atoms with Gasteiger partial charge in [-0.25, -0.2) is 4.39 Å². The Hall–Kier alpha value is -0.540. The molecule has 1 rings (SSSR count). The first-order valence-electron chi connectivity index (χ1n) is 5.03. The Balaban J connectivity index is 2.94. The van der Waals surface area contributed by atoms with Crippen molar-refractivity contribution in [2.75, 3.05) is 0 Å². The Bertz CT molecular complexity index is 342. The van der Waals surface area contributed by atoms with Crippen LogP contribution in [0.2, 0.25) is 0 Å². The summed E-state index contributed by atoms with van der Waals surface area (Å²) in [5.74, 6) is -0.176. The number of thioether (sulfide) groups is 1. The van der Waals surface area contributed by atoms with Crippen molar-refractivity contribution in [3.63, 3.8) is 0 Å². The van der Waals surface area contributed by atoms with Crippen LogP contribution in [0.15, 0.2) is 23.1 Å². The maximum absolute atomic E-state index is 13.7. The lowest BCUT2D eigenvalue weighted by Crippen LogP contribution is -2.08. The number of rotatable bonds is 2. The summed E-state index contributed by atoms with van der Waals surface area (Å²) in [6, 6.07) is 5.11. The van der Waals surface area contributed by atoms with Crippen molar-refractivity contribution in [1.29, 1.82) is 0 Å². The van der Waals surface area contributed by atoms with Crippen LogP contribution in [0.4, 0.5) is 4.39 Å². The zero-order valence-electron chi connectivity index (χ0n) is 9.67. The molecule has 84 valence electrons. The molecule has 0 radical (unpaired) electrons. The van der Waals surface area contributed by atoms with E-state index in [1.807, 2.05) is 19.1 Å². The van der Waals surface area contributed by atoms with Crippen LogP contribution < -0.4 is 5.73 Å². The van der Waals surface area contributed by atoms with Gasteiger partial charge in [-0.15, -0.1) is 11.8 Å². The van der Waals surface area contributed by atoms with E-state index < -0.39 is 0 Å². The zero-order chi connectivity index (χ0) is 11.6. The van der Waals surface area contributed by atoms with Crippen LogP contribution in [0.3, 0.4) is 0 Å². The van der Waals surface area contributed by atoms with E-state index in [4.69, 9.17) is 5.73 Å². The average molecular weight is 227 g/mol. The number of hydrogen-bond donors (Lipinski definition) is 1. The highest BCUT2D eigenvalue weighted by molar-refractivity contribution is 8.00. The van der Waals surface area contributed by atoms with Crippen LogP contribution in [0, 0.1) is 5.82 Å². The van der Waals surface area contributed by atoms with Gasteiger partial charge in [0.15, 0.2) is 0 Å². The standard InChI is InChI=1S/C12H18FNS/c1-8(14)9-5-6-11(10(13)7-9)15-12(2,3)4/h5-8H,14H2,1-4H3/t8-/m0/s1. The molecule has 0 aliphatic heterocycles. The van der Waals surface area contributed by atoms with Gasteiger partial charge in [0.1, 0.15) is 5.82 Å². The highest BCUT2D eigenvalue weighted by Crippen LogP contribution is 2.34. The summed E-state index contributed by atoms with van der Waals surface area (Å²) in [5, 5.41) is 0. The molecule has 0 fully saturated rings. The van der Waals surface area contributed by atoms with Gasteiger partial charge in [-0.3, -0.25) is 0 Å². The molecule has 0 spiro atoms. The molecule has 0 bridgehead atoms. The zero-order valence-corrected chi connectivity index (χ0v) is 10.5. The molecule has 0 aliphatic rings. The van der Waals surface area contributed by atoms with Crippen LogP contribution in [-0.2, 0) is 0 Å². The summed E-state index contributed by atoms with van der Waals surface area (Å²) in [4.78, 5) is 0.687. The van der Waals surface area contributed by atoms with Gasteiger partial charge in [0.05, 0.1) is 0 Å². The molecular weight excluding hydrogens is 209 g/mol. The second kappa shape index (κ2) is 4.54. The molecule has 0 heterocycles. The van der Waals surface area contributed by atoms with Crippen LogP contribution in [0.25, 0.3) is 0 Å². The van der Waals surface area contributed by atoms with Gasteiger partial charge in [0.2, 0.25) is 0 Å². The highest BCUT2D eigenvalue weighted by Gasteiger charge is 2.15. The minimum atomic E-state index is -0.176. The second-order valence-electron chi connectivity index (χ2n) is 4.69. The third kappa shape index (κ3) is 3.84. The Morgan fingerprint density at radius 2 is 1.93 bits per heavy atom. The lowest BCUT2D eigenvalue weighted by Gasteiger charge is -2.18. The minimum Gasteiger partial charge on any atom is -0.324 e. The van der Waals surface area contributed by atoms with Crippen molar-refractivity contribution in [1.82, 2.24) is 0 Å². The van der Waals surface area contributed by atoms with E-state index in [0.29, 0.717) is 4.90 Å². The summed E-state index contributed by atoms with van der Waals surface area (Å²) in [5.41, 5.74) is 6.53. The van der Waals surface area contributed by atoms with E-state index in [-0.39, 0.29) is 16.6 Å². The molecule has 1 nitrogen and oxygen atoms in total. The maximum Gasteiger partial charge on any atom is 0.137 e. The predicted octanol–water partition coefficient (Wildman–Crippen LogP) is 3.74. The summed E-state index contributed by atoms with van der Waals surface area (Å²) in [6.45, 7) is 8.05. The fourth-order valence-electron chi connectivity index (χ4n) is 1.21. The fourth-order valence-corrected chi connectivity index (χ4v) is 2.17. The van der Waals surface area contributed by atoms with Crippen LogP contribution in [0.1, 0.15) is 39.3 Å². The minimum absolute atomic E-state index is 0.0245. The molecule has 0 amide bonds. The molecule has 15 heavy (non-hydrogen) atoms. The van der Waals surface area contributed by atoms with Crippen molar-refractivity contribution in [2.45, 2.75) is 43.4 Å². The van der Waals surface area contributed by atoms with Gasteiger partial charge in [0, 0.05) is 15.7 Å². The smallest absolute Gasteiger partial charge is 0.137 e. The molecule has 0 aromatic heterocycles. The van der Waals surface area contributed by atoms with Gasteiger partial charge >= 0.3 is 0 Å². The first kappa shape index (κ1) is 12.5. The lowest BCUT2D eigenvalue weighted by molar-refractivity contribution is 0.595. The molecule has 3 heteroatoms. The third-order valence-electron chi connectivity index (χ3n) is 1.90. The van der Waals surface area contributed by atoms with Gasteiger partial charge in [-0.1, -0.05) is 26.8 Å². The van der Waals surface area contributed by atoms with Crippen molar-refractivity contribution in [3.05, 3.63) is 29.6 Å². The van der Waals surface area contributed by atoms with Gasteiger partial charge in [-0.05, 0) is 24.6 Å². The Kier molecular flexibility index (Phi) is 3.79. The molecule has 0 unspecified atom stereocenters. The number of halogens is 1. The normalized spacial score (nSPS) is 14.0. The molecule has 2 N–H and O–H groups in total.